The predicted molar refractivity (Wildman–Crippen MR) is 114 cm³/mol. The Balaban J connectivity index is 1.54. The molecule has 4 nitrogen and oxygen atoms in total. The molecular formula is C25H30N2O2. The lowest BCUT2D eigenvalue weighted by molar-refractivity contribution is -0.123. The molecule has 0 aromatic heterocycles. The van der Waals surface area contributed by atoms with Gasteiger partial charge in [0.1, 0.15) is 0 Å². The first-order valence-electron chi connectivity index (χ1n) is 10.9. The van der Waals surface area contributed by atoms with E-state index in [-0.39, 0.29) is 23.9 Å². The molecule has 0 radical (unpaired) electrons. The highest BCUT2D eigenvalue weighted by Gasteiger charge is 2.34. The van der Waals surface area contributed by atoms with Crippen molar-refractivity contribution in [2.45, 2.75) is 70.5 Å². The van der Waals surface area contributed by atoms with Gasteiger partial charge in [-0.1, -0.05) is 73.7 Å². The summed E-state index contributed by atoms with van der Waals surface area (Å²) in [5.41, 5.74) is 3.99. The van der Waals surface area contributed by atoms with Gasteiger partial charge in [0.15, 0.2) is 0 Å². The van der Waals surface area contributed by atoms with Crippen molar-refractivity contribution >= 4 is 11.8 Å². The van der Waals surface area contributed by atoms with E-state index < -0.39 is 0 Å². The van der Waals surface area contributed by atoms with Crippen molar-refractivity contribution in [3.8, 4) is 0 Å². The summed E-state index contributed by atoms with van der Waals surface area (Å²) in [7, 11) is 0. The lowest BCUT2D eigenvalue weighted by Crippen LogP contribution is -2.38. The highest BCUT2D eigenvalue weighted by atomic mass is 16.2. The van der Waals surface area contributed by atoms with E-state index in [1.165, 1.54) is 31.2 Å². The summed E-state index contributed by atoms with van der Waals surface area (Å²) in [6.07, 6.45) is 7.33. The quantitative estimate of drug-likeness (QED) is 0.737. The van der Waals surface area contributed by atoms with Crippen LogP contribution < -0.4 is 5.32 Å². The van der Waals surface area contributed by atoms with Gasteiger partial charge in [0.25, 0.3) is 5.91 Å². The van der Waals surface area contributed by atoms with Gasteiger partial charge in [0.2, 0.25) is 5.91 Å². The summed E-state index contributed by atoms with van der Waals surface area (Å²) in [6, 6.07) is 16.0. The second-order valence-electron chi connectivity index (χ2n) is 8.48. The number of nitrogens with zero attached hydrogens (tertiary/aromatic N) is 1. The molecule has 0 saturated heterocycles. The number of carbonyl (C=O) groups is 2. The van der Waals surface area contributed by atoms with E-state index >= 15 is 0 Å². The molecule has 4 rings (SSSR count). The molecule has 152 valence electrons. The first-order valence-corrected chi connectivity index (χ1v) is 10.9. The highest BCUT2D eigenvalue weighted by Crippen LogP contribution is 2.33. The normalized spacial score (nSPS) is 18.2. The van der Waals surface area contributed by atoms with Gasteiger partial charge >= 0.3 is 0 Å². The number of hydrogen-bond acceptors (Lipinski definition) is 2. The average Bonchev–Trinajstić information content (AvgIpc) is 2.88. The molecule has 1 N–H and O–H groups in total. The number of nitrogens with one attached hydrogen (secondary N) is 1. The van der Waals surface area contributed by atoms with Gasteiger partial charge in [-0.15, -0.1) is 0 Å². The van der Waals surface area contributed by atoms with Crippen LogP contribution in [0, 0.1) is 6.92 Å². The zero-order valence-corrected chi connectivity index (χ0v) is 17.2. The largest absolute Gasteiger partial charge is 0.353 e. The number of amides is 2. The number of rotatable bonds is 5. The average molecular weight is 391 g/mol. The van der Waals surface area contributed by atoms with Crippen LogP contribution in [0.25, 0.3) is 0 Å². The molecular weight excluding hydrogens is 360 g/mol. The van der Waals surface area contributed by atoms with E-state index in [4.69, 9.17) is 0 Å². The van der Waals surface area contributed by atoms with Crippen molar-refractivity contribution < 1.29 is 9.59 Å². The molecule has 0 spiro atoms. The number of aryl methyl sites for hydroxylation is 1. The Kier molecular flexibility index (Phi) is 5.98. The Hall–Kier alpha value is -2.62. The zero-order valence-electron chi connectivity index (χ0n) is 17.2. The van der Waals surface area contributed by atoms with Gasteiger partial charge in [-0.25, -0.2) is 0 Å². The van der Waals surface area contributed by atoms with Crippen LogP contribution in [0.15, 0.2) is 48.5 Å². The molecule has 0 bridgehead atoms. The van der Waals surface area contributed by atoms with Gasteiger partial charge in [-0.2, -0.15) is 0 Å². The van der Waals surface area contributed by atoms with Gasteiger partial charge in [0, 0.05) is 18.2 Å². The topological polar surface area (TPSA) is 49.4 Å². The van der Waals surface area contributed by atoms with E-state index in [0.29, 0.717) is 13.0 Å². The number of carbonyl (C=O) groups excluding carboxylic acids is 2. The third-order valence-corrected chi connectivity index (χ3v) is 6.29. The first-order chi connectivity index (χ1) is 14.1. The second-order valence-corrected chi connectivity index (χ2v) is 8.48. The monoisotopic (exact) mass is 390 g/mol. The van der Waals surface area contributed by atoms with Crippen LogP contribution in [-0.4, -0.2) is 22.8 Å². The maximum Gasteiger partial charge on any atom is 0.255 e. The Morgan fingerprint density at radius 3 is 2.41 bits per heavy atom. The van der Waals surface area contributed by atoms with E-state index in [9.17, 15) is 9.59 Å². The summed E-state index contributed by atoms with van der Waals surface area (Å²) >= 11 is 0. The standard InChI is InChI=1S/C25H30N2O2/c1-18-12-14-19(15-13-18)23(16-24(28)26-21-9-4-2-3-5-10-21)27-17-20-8-6-7-11-22(20)25(27)29/h6-8,11-15,21,23H,2-5,9-10,16-17H2,1H3,(H,26,28)/t23-/m0/s1. The first kappa shape index (κ1) is 19.7. The van der Waals surface area contributed by atoms with Crippen molar-refractivity contribution in [2.75, 3.05) is 0 Å². The summed E-state index contributed by atoms with van der Waals surface area (Å²) in [6.45, 7) is 2.61. The molecule has 1 aliphatic heterocycles. The van der Waals surface area contributed by atoms with Gasteiger partial charge in [-0.3, -0.25) is 9.59 Å². The van der Waals surface area contributed by atoms with Crippen molar-refractivity contribution in [1.82, 2.24) is 10.2 Å². The zero-order chi connectivity index (χ0) is 20.2. The molecule has 4 heteroatoms. The SMILES string of the molecule is Cc1ccc([C@H](CC(=O)NC2CCCCCC2)N2Cc3ccccc3C2=O)cc1. The number of fused-ring (bicyclic) bond motifs is 1. The smallest absolute Gasteiger partial charge is 0.255 e. The third kappa shape index (κ3) is 4.52. The maximum absolute atomic E-state index is 13.1. The van der Waals surface area contributed by atoms with E-state index in [1.807, 2.05) is 29.2 Å². The number of benzene rings is 2. The predicted octanol–water partition coefficient (Wildman–Crippen LogP) is 4.92. The summed E-state index contributed by atoms with van der Waals surface area (Å²) in [5.74, 6) is 0.0691. The van der Waals surface area contributed by atoms with Crippen LogP contribution in [0.1, 0.15) is 78.0 Å². The molecule has 2 amide bonds. The fourth-order valence-electron chi connectivity index (χ4n) is 4.61. The highest BCUT2D eigenvalue weighted by molar-refractivity contribution is 5.98. The van der Waals surface area contributed by atoms with Gasteiger partial charge in [-0.05, 0) is 37.0 Å². The Bertz CT molecular complexity index is 867. The van der Waals surface area contributed by atoms with Crippen LogP contribution >= 0.6 is 0 Å². The minimum Gasteiger partial charge on any atom is -0.353 e. The fraction of sp³-hybridized carbons (Fsp3) is 0.440. The lowest BCUT2D eigenvalue weighted by atomic mass is 9.99. The van der Waals surface area contributed by atoms with Crippen molar-refractivity contribution in [3.05, 3.63) is 70.8 Å². The van der Waals surface area contributed by atoms with Gasteiger partial charge < -0.3 is 10.2 Å². The molecule has 1 heterocycles. The summed E-state index contributed by atoms with van der Waals surface area (Å²) in [4.78, 5) is 27.9. The Labute approximate surface area is 173 Å². The molecule has 1 atom stereocenters. The van der Waals surface area contributed by atoms with Crippen LogP contribution in [0.2, 0.25) is 0 Å². The third-order valence-electron chi connectivity index (χ3n) is 6.29. The molecule has 1 fully saturated rings. The lowest BCUT2D eigenvalue weighted by Gasteiger charge is -2.29. The van der Waals surface area contributed by atoms with E-state index in [2.05, 4.69) is 36.5 Å². The summed E-state index contributed by atoms with van der Waals surface area (Å²) < 4.78 is 0. The fourth-order valence-corrected chi connectivity index (χ4v) is 4.61. The molecule has 29 heavy (non-hydrogen) atoms. The van der Waals surface area contributed by atoms with E-state index in [0.717, 1.165) is 29.5 Å². The molecule has 2 aromatic rings. The van der Waals surface area contributed by atoms with Crippen LogP contribution in [0.5, 0.6) is 0 Å². The van der Waals surface area contributed by atoms with Crippen LogP contribution in [-0.2, 0) is 11.3 Å². The number of hydrogen-bond donors (Lipinski definition) is 1. The molecule has 2 aromatic carbocycles. The maximum atomic E-state index is 13.1. The van der Waals surface area contributed by atoms with Crippen LogP contribution in [0.3, 0.4) is 0 Å². The minimum absolute atomic E-state index is 0.0217. The Morgan fingerprint density at radius 2 is 1.72 bits per heavy atom. The Morgan fingerprint density at radius 1 is 1.03 bits per heavy atom. The second kappa shape index (κ2) is 8.81. The minimum atomic E-state index is -0.249. The van der Waals surface area contributed by atoms with Crippen molar-refractivity contribution in [1.29, 1.82) is 0 Å². The molecule has 1 saturated carbocycles. The van der Waals surface area contributed by atoms with Crippen LogP contribution in [0.4, 0.5) is 0 Å². The molecule has 1 aliphatic carbocycles. The van der Waals surface area contributed by atoms with Gasteiger partial charge in [0.05, 0.1) is 12.5 Å². The molecule has 2 aliphatic rings. The summed E-state index contributed by atoms with van der Waals surface area (Å²) in [5, 5.41) is 3.25. The van der Waals surface area contributed by atoms with Crippen molar-refractivity contribution in [2.24, 2.45) is 0 Å². The van der Waals surface area contributed by atoms with E-state index in [1.54, 1.807) is 0 Å². The van der Waals surface area contributed by atoms with Crippen molar-refractivity contribution in [3.63, 3.8) is 0 Å². The molecule has 0 unspecified atom stereocenters.